The van der Waals surface area contributed by atoms with E-state index in [0.717, 1.165) is 5.56 Å². The van der Waals surface area contributed by atoms with Crippen LogP contribution in [-0.4, -0.2) is 54.0 Å². The van der Waals surface area contributed by atoms with Gasteiger partial charge >= 0.3 is 0 Å². The van der Waals surface area contributed by atoms with E-state index >= 15 is 0 Å². The van der Waals surface area contributed by atoms with Crippen LogP contribution in [0.2, 0.25) is 0 Å². The highest BCUT2D eigenvalue weighted by Gasteiger charge is 2.29. The van der Waals surface area contributed by atoms with Gasteiger partial charge in [-0.25, -0.2) is 9.07 Å². The standard InChI is InChI=1S/C18H23FN4O3S/c1-21(2)27(25,26)22-11-9-14(10-12-22)13-23-18(24)8-7-17(20-23)15-3-5-16(19)6-4-15/h3-8,14H,9-13H2,1-2H3. The minimum absolute atomic E-state index is 0.173. The molecule has 146 valence electrons. The molecule has 0 radical (unpaired) electrons. The van der Waals surface area contributed by atoms with Crippen molar-refractivity contribution in [3.63, 3.8) is 0 Å². The Kier molecular flexibility index (Phi) is 5.73. The fourth-order valence-electron chi connectivity index (χ4n) is 3.15. The third-order valence-corrected chi connectivity index (χ3v) is 6.74. The first kappa shape index (κ1) is 19.7. The molecule has 7 nitrogen and oxygen atoms in total. The second-order valence-electron chi connectivity index (χ2n) is 6.88. The molecule has 1 saturated heterocycles. The second-order valence-corrected chi connectivity index (χ2v) is 9.02. The van der Waals surface area contributed by atoms with Crippen molar-refractivity contribution in [3.8, 4) is 11.3 Å². The summed E-state index contributed by atoms with van der Waals surface area (Å²) in [4.78, 5) is 12.2. The van der Waals surface area contributed by atoms with Crippen LogP contribution >= 0.6 is 0 Å². The molecule has 0 amide bonds. The van der Waals surface area contributed by atoms with E-state index in [-0.39, 0.29) is 17.3 Å². The minimum Gasteiger partial charge on any atom is -0.268 e. The van der Waals surface area contributed by atoms with Gasteiger partial charge in [-0.15, -0.1) is 0 Å². The number of nitrogens with zero attached hydrogens (tertiary/aromatic N) is 4. The summed E-state index contributed by atoms with van der Waals surface area (Å²) in [5.74, 6) is -0.154. The van der Waals surface area contributed by atoms with Crippen LogP contribution in [0.4, 0.5) is 4.39 Å². The molecule has 0 aliphatic carbocycles. The lowest BCUT2D eigenvalue weighted by atomic mass is 9.98. The van der Waals surface area contributed by atoms with Crippen LogP contribution < -0.4 is 5.56 Å². The van der Waals surface area contributed by atoms with Gasteiger partial charge in [-0.05, 0) is 49.1 Å². The van der Waals surface area contributed by atoms with E-state index in [1.165, 1.54) is 45.6 Å². The van der Waals surface area contributed by atoms with E-state index in [9.17, 15) is 17.6 Å². The Morgan fingerprint density at radius 3 is 2.33 bits per heavy atom. The molecule has 0 spiro atoms. The highest BCUT2D eigenvalue weighted by Crippen LogP contribution is 2.22. The Balaban J connectivity index is 1.71. The topological polar surface area (TPSA) is 75.5 Å². The summed E-state index contributed by atoms with van der Waals surface area (Å²) in [5, 5.41) is 4.40. The third-order valence-electron chi connectivity index (χ3n) is 4.80. The van der Waals surface area contributed by atoms with Gasteiger partial charge in [0, 0.05) is 45.4 Å². The minimum atomic E-state index is -3.40. The zero-order chi connectivity index (χ0) is 19.6. The van der Waals surface area contributed by atoms with Crippen molar-refractivity contribution in [2.24, 2.45) is 5.92 Å². The van der Waals surface area contributed by atoms with E-state index in [1.807, 2.05) is 0 Å². The Bertz CT molecular complexity index is 949. The van der Waals surface area contributed by atoms with Crippen LogP contribution in [0.3, 0.4) is 0 Å². The zero-order valence-electron chi connectivity index (χ0n) is 15.4. The predicted octanol–water partition coefficient (Wildman–Crippen LogP) is 1.57. The first-order valence-corrected chi connectivity index (χ1v) is 10.2. The van der Waals surface area contributed by atoms with Crippen LogP contribution in [0.25, 0.3) is 11.3 Å². The van der Waals surface area contributed by atoms with Gasteiger partial charge in [0.25, 0.3) is 15.8 Å². The highest BCUT2D eigenvalue weighted by atomic mass is 32.2. The van der Waals surface area contributed by atoms with E-state index in [0.29, 0.717) is 38.2 Å². The molecule has 1 aromatic heterocycles. The predicted molar refractivity (Wildman–Crippen MR) is 101 cm³/mol. The zero-order valence-corrected chi connectivity index (χ0v) is 16.2. The molecule has 0 saturated carbocycles. The Morgan fingerprint density at radius 1 is 1.11 bits per heavy atom. The summed E-state index contributed by atoms with van der Waals surface area (Å²) in [6, 6.07) is 9.03. The van der Waals surface area contributed by atoms with Gasteiger partial charge in [0.15, 0.2) is 0 Å². The number of hydrogen-bond acceptors (Lipinski definition) is 4. The van der Waals surface area contributed by atoms with Gasteiger partial charge in [0.1, 0.15) is 5.82 Å². The van der Waals surface area contributed by atoms with Gasteiger partial charge in [-0.1, -0.05) is 0 Å². The lowest BCUT2D eigenvalue weighted by Gasteiger charge is -2.32. The lowest BCUT2D eigenvalue weighted by Crippen LogP contribution is -2.45. The van der Waals surface area contributed by atoms with Crippen LogP contribution in [0.1, 0.15) is 12.8 Å². The fraction of sp³-hybridized carbons (Fsp3) is 0.444. The van der Waals surface area contributed by atoms with Crippen LogP contribution in [0.15, 0.2) is 41.2 Å². The van der Waals surface area contributed by atoms with E-state index in [1.54, 1.807) is 18.2 Å². The van der Waals surface area contributed by atoms with Crippen molar-refractivity contribution < 1.29 is 12.8 Å². The summed E-state index contributed by atoms with van der Waals surface area (Å²) in [7, 11) is -0.359. The van der Waals surface area contributed by atoms with Crippen LogP contribution in [0.5, 0.6) is 0 Å². The van der Waals surface area contributed by atoms with Crippen molar-refractivity contribution in [2.45, 2.75) is 19.4 Å². The molecule has 1 aliphatic heterocycles. The average molecular weight is 394 g/mol. The molecule has 2 heterocycles. The van der Waals surface area contributed by atoms with Crippen molar-refractivity contribution >= 4 is 10.2 Å². The summed E-state index contributed by atoms with van der Waals surface area (Å²) in [6.45, 7) is 1.29. The molecule has 27 heavy (non-hydrogen) atoms. The van der Waals surface area contributed by atoms with E-state index < -0.39 is 10.2 Å². The van der Waals surface area contributed by atoms with Gasteiger partial charge in [0.2, 0.25) is 0 Å². The van der Waals surface area contributed by atoms with Crippen molar-refractivity contribution in [3.05, 3.63) is 52.6 Å². The Morgan fingerprint density at radius 2 is 1.74 bits per heavy atom. The Labute approximate surface area is 158 Å². The van der Waals surface area contributed by atoms with Gasteiger partial charge < -0.3 is 0 Å². The summed E-state index contributed by atoms with van der Waals surface area (Å²) in [5.41, 5.74) is 1.13. The molecular formula is C18H23FN4O3S. The van der Waals surface area contributed by atoms with Crippen molar-refractivity contribution in [1.29, 1.82) is 0 Å². The number of piperidine rings is 1. The van der Waals surface area contributed by atoms with Crippen molar-refractivity contribution in [2.75, 3.05) is 27.2 Å². The van der Waals surface area contributed by atoms with Gasteiger partial charge in [-0.2, -0.15) is 22.1 Å². The first-order valence-electron chi connectivity index (χ1n) is 8.79. The summed E-state index contributed by atoms with van der Waals surface area (Å²) < 4.78 is 41.6. The molecule has 0 bridgehead atoms. The SMILES string of the molecule is CN(C)S(=O)(=O)N1CCC(Cn2nc(-c3ccc(F)cc3)ccc2=O)CC1. The number of benzene rings is 1. The molecule has 0 atom stereocenters. The van der Waals surface area contributed by atoms with Crippen LogP contribution in [0, 0.1) is 11.7 Å². The van der Waals surface area contributed by atoms with E-state index in [2.05, 4.69) is 5.10 Å². The maximum absolute atomic E-state index is 13.1. The van der Waals surface area contributed by atoms with E-state index in [4.69, 9.17) is 0 Å². The first-order chi connectivity index (χ1) is 12.8. The molecule has 0 unspecified atom stereocenters. The lowest BCUT2D eigenvalue weighted by molar-refractivity contribution is 0.237. The van der Waals surface area contributed by atoms with Gasteiger partial charge in [0.05, 0.1) is 5.69 Å². The van der Waals surface area contributed by atoms with Crippen LogP contribution in [-0.2, 0) is 16.8 Å². The quantitative estimate of drug-likeness (QED) is 0.771. The number of aromatic nitrogens is 2. The molecule has 1 aromatic carbocycles. The Hall–Kier alpha value is -2.10. The normalized spacial score (nSPS) is 16.7. The monoisotopic (exact) mass is 394 g/mol. The molecule has 9 heteroatoms. The maximum Gasteiger partial charge on any atom is 0.281 e. The summed E-state index contributed by atoms with van der Waals surface area (Å²) >= 11 is 0. The third kappa shape index (κ3) is 4.42. The highest BCUT2D eigenvalue weighted by molar-refractivity contribution is 7.86. The average Bonchev–Trinajstić information content (AvgIpc) is 2.64. The fourth-order valence-corrected chi connectivity index (χ4v) is 4.29. The maximum atomic E-state index is 13.1. The number of rotatable bonds is 5. The molecule has 2 aromatic rings. The molecule has 0 N–H and O–H groups in total. The number of halogens is 1. The molecular weight excluding hydrogens is 371 g/mol. The smallest absolute Gasteiger partial charge is 0.268 e. The number of hydrogen-bond donors (Lipinski definition) is 0. The van der Waals surface area contributed by atoms with Gasteiger partial charge in [-0.3, -0.25) is 4.79 Å². The second kappa shape index (κ2) is 7.87. The molecule has 1 aliphatic rings. The summed E-state index contributed by atoms with van der Waals surface area (Å²) in [6.07, 6.45) is 1.34. The van der Waals surface area contributed by atoms with Crippen molar-refractivity contribution in [1.82, 2.24) is 18.4 Å². The largest absolute Gasteiger partial charge is 0.281 e. The molecule has 1 fully saturated rings. The molecule has 3 rings (SSSR count).